The molecular formula is C48H38N2. The summed E-state index contributed by atoms with van der Waals surface area (Å²) < 4.78 is 0. The number of hydrogen-bond acceptors (Lipinski definition) is 2. The van der Waals surface area contributed by atoms with Gasteiger partial charge in [0, 0.05) is 22.7 Å². The Labute approximate surface area is 294 Å². The van der Waals surface area contributed by atoms with Gasteiger partial charge in [0.25, 0.3) is 0 Å². The van der Waals surface area contributed by atoms with Crippen molar-refractivity contribution in [2.75, 3.05) is 4.90 Å². The quantitative estimate of drug-likeness (QED) is 0.187. The SMILES string of the molecule is CC12CCCCC1(C)N(c1nccc3ccccc13)c1ccc(-c3ccc4c(c3)-c3ccccc3C43c4ccccc4-c4ccccc43)cc12. The van der Waals surface area contributed by atoms with Gasteiger partial charge in [0.15, 0.2) is 0 Å². The van der Waals surface area contributed by atoms with Crippen molar-refractivity contribution in [1.29, 1.82) is 0 Å². The van der Waals surface area contributed by atoms with Crippen molar-refractivity contribution in [2.24, 2.45) is 0 Å². The zero-order valence-corrected chi connectivity index (χ0v) is 28.6. The standard InChI is InChI=1S/C48H38N2/c1-46-26-11-12-27-47(46,2)50(45-34-14-4-3-13-31(34)25-28-49-45)44-24-22-33(30-43(44)46)32-21-23-42-38(29-32)37-17-7-10-20-41(37)48(42)39-18-8-5-15-35(39)36-16-6-9-19-40(36)48/h3-10,13-25,28-30H,11-12,26-27H2,1-2H3. The van der Waals surface area contributed by atoms with Crippen LogP contribution in [-0.4, -0.2) is 10.5 Å². The van der Waals surface area contributed by atoms with E-state index in [0.717, 1.165) is 12.2 Å². The van der Waals surface area contributed by atoms with Crippen molar-refractivity contribution >= 4 is 22.3 Å². The molecule has 2 heteroatoms. The van der Waals surface area contributed by atoms with Crippen LogP contribution in [0.3, 0.4) is 0 Å². The zero-order valence-electron chi connectivity index (χ0n) is 28.6. The second-order valence-electron chi connectivity index (χ2n) is 15.4. The van der Waals surface area contributed by atoms with E-state index in [9.17, 15) is 0 Å². The lowest BCUT2D eigenvalue weighted by molar-refractivity contribution is 0.194. The smallest absolute Gasteiger partial charge is 0.141 e. The first kappa shape index (κ1) is 28.4. The van der Waals surface area contributed by atoms with Crippen LogP contribution in [0.15, 0.2) is 146 Å². The predicted octanol–water partition coefficient (Wildman–Crippen LogP) is 12.0. The monoisotopic (exact) mass is 642 g/mol. The van der Waals surface area contributed by atoms with Gasteiger partial charge in [0.2, 0.25) is 0 Å². The van der Waals surface area contributed by atoms with E-state index in [1.165, 1.54) is 96.9 Å². The third-order valence-electron chi connectivity index (χ3n) is 13.3. The number of nitrogens with zero attached hydrogens (tertiary/aromatic N) is 2. The van der Waals surface area contributed by atoms with Gasteiger partial charge in [-0.25, -0.2) is 4.98 Å². The number of hydrogen-bond donors (Lipinski definition) is 0. The molecule has 240 valence electrons. The Balaban J connectivity index is 1.11. The molecule has 3 aliphatic carbocycles. The number of anilines is 2. The Hall–Kier alpha value is -5.47. The molecule has 2 unspecified atom stereocenters. The van der Waals surface area contributed by atoms with Crippen LogP contribution < -0.4 is 4.90 Å². The molecule has 0 bridgehead atoms. The largest absolute Gasteiger partial charge is 0.319 e. The summed E-state index contributed by atoms with van der Waals surface area (Å²) in [6.07, 6.45) is 6.82. The molecule has 7 aromatic rings. The maximum Gasteiger partial charge on any atom is 0.141 e. The lowest BCUT2D eigenvalue weighted by Gasteiger charge is -2.50. The third kappa shape index (κ3) is 3.32. The number of rotatable bonds is 2. The van der Waals surface area contributed by atoms with Crippen LogP contribution in [0.1, 0.15) is 67.3 Å². The summed E-state index contributed by atoms with van der Waals surface area (Å²) in [6, 6.07) is 52.7. The van der Waals surface area contributed by atoms with Crippen LogP contribution in [0.5, 0.6) is 0 Å². The van der Waals surface area contributed by atoms with E-state index in [0.29, 0.717) is 0 Å². The van der Waals surface area contributed by atoms with Gasteiger partial charge >= 0.3 is 0 Å². The summed E-state index contributed by atoms with van der Waals surface area (Å²) in [7, 11) is 0. The summed E-state index contributed by atoms with van der Waals surface area (Å²) in [5.74, 6) is 1.08. The highest BCUT2D eigenvalue weighted by atomic mass is 15.3. The molecule has 50 heavy (non-hydrogen) atoms. The molecule has 4 aliphatic rings. The summed E-state index contributed by atoms with van der Waals surface area (Å²) in [6.45, 7) is 5.02. The molecule has 2 nitrogen and oxygen atoms in total. The molecular weight excluding hydrogens is 605 g/mol. The Morgan fingerprint density at radius 1 is 0.520 bits per heavy atom. The summed E-state index contributed by atoms with van der Waals surface area (Å²) in [4.78, 5) is 7.71. The average Bonchev–Trinajstić information content (AvgIpc) is 3.71. The minimum Gasteiger partial charge on any atom is -0.319 e. The lowest BCUT2D eigenvalue weighted by atomic mass is 9.61. The Bertz CT molecular complexity index is 2510. The van der Waals surface area contributed by atoms with Crippen molar-refractivity contribution in [3.05, 3.63) is 174 Å². The number of benzene rings is 6. The van der Waals surface area contributed by atoms with Gasteiger partial charge in [-0.1, -0.05) is 135 Å². The molecule has 1 aromatic heterocycles. The van der Waals surface area contributed by atoms with E-state index < -0.39 is 0 Å². The van der Waals surface area contributed by atoms with Crippen molar-refractivity contribution in [2.45, 2.75) is 55.9 Å². The van der Waals surface area contributed by atoms with Crippen LogP contribution in [-0.2, 0) is 10.8 Å². The van der Waals surface area contributed by atoms with Gasteiger partial charge in [-0.2, -0.15) is 0 Å². The first-order valence-corrected chi connectivity index (χ1v) is 18.3. The highest BCUT2D eigenvalue weighted by Gasteiger charge is 2.58. The zero-order chi connectivity index (χ0) is 33.2. The lowest BCUT2D eigenvalue weighted by Crippen LogP contribution is -2.54. The number of fused-ring (bicyclic) bond motifs is 14. The van der Waals surface area contributed by atoms with Gasteiger partial charge < -0.3 is 4.90 Å². The number of aromatic nitrogens is 1. The van der Waals surface area contributed by atoms with Crippen molar-refractivity contribution in [3.63, 3.8) is 0 Å². The minimum atomic E-state index is -0.307. The molecule has 2 atom stereocenters. The minimum absolute atomic E-state index is 0.0138. The van der Waals surface area contributed by atoms with Crippen LogP contribution >= 0.6 is 0 Å². The molecule has 1 fully saturated rings. The fourth-order valence-electron chi connectivity index (χ4n) is 10.8. The topological polar surface area (TPSA) is 16.1 Å². The van der Waals surface area contributed by atoms with Gasteiger partial charge in [-0.05, 0) is 111 Å². The van der Waals surface area contributed by atoms with Gasteiger partial charge in [-0.3, -0.25) is 0 Å². The van der Waals surface area contributed by atoms with E-state index in [1.54, 1.807) is 0 Å². The Kier molecular flexibility index (Phi) is 5.57. The van der Waals surface area contributed by atoms with E-state index in [4.69, 9.17) is 4.98 Å². The van der Waals surface area contributed by atoms with E-state index in [2.05, 4.69) is 158 Å². The number of pyridine rings is 1. The maximum atomic E-state index is 5.09. The molecule has 0 radical (unpaired) electrons. The highest BCUT2D eigenvalue weighted by molar-refractivity contribution is 5.98. The second kappa shape index (κ2) is 9.82. The van der Waals surface area contributed by atoms with Gasteiger partial charge in [-0.15, -0.1) is 0 Å². The van der Waals surface area contributed by atoms with Crippen molar-refractivity contribution < 1.29 is 0 Å². The molecule has 0 saturated heterocycles. The highest BCUT2D eigenvalue weighted by Crippen LogP contribution is 2.64. The molecule has 0 N–H and O–H groups in total. The summed E-state index contributed by atoms with van der Waals surface area (Å²) in [5, 5.41) is 2.47. The van der Waals surface area contributed by atoms with Crippen LogP contribution in [0.4, 0.5) is 11.5 Å². The maximum absolute atomic E-state index is 5.09. The normalized spacial score (nSPS) is 21.8. The fraction of sp³-hybridized carbons (Fsp3) is 0.188. The fourth-order valence-corrected chi connectivity index (χ4v) is 10.8. The van der Waals surface area contributed by atoms with E-state index in [1.807, 2.05) is 6.20 Å². The van der Waals surface area contributed by atoms with Crippen molar-refractivity contribution in [1.82, 2.24) is 4.98 Å². The van der Waals surface area contributed by atoms with E-state index >= 15 is 0 Å². The summed E-state index contributed by atoms with van der Waals surface area (Å²) in [5.41, 5.74) is 15.9. The average molecular weight is 643 g/mol. The van der Waals surface area contributed by atoms with Crippen LogP contribution in [0.25, 0.3) is 44.2 Å². The van der Waals surface area contributed by atoms with Gasteiger partial charge in [0.05, 0.1) is 11.0 Å². The molecule has 1 spiro atoms. The molecule has 2 heterocycles. The Morgan fingerprint density at radius 3 is 1.84 bits per heavy atom. The van der Waals surface area contributed by atoms with Crippen LogP contribution in [0, 0.1) is 0 Å². The van der Waals surface area contributed by atoms with E-state index in [-0.39, 0.29) is 16.4 Å². The summed E-state index contributed by atoms with van der Waals surface area (Å²) >= 11 is 0. The molecule has 1 aliphatic heterocycles. The predicted molar refractivity (Wildman–Crippen MR) is 206 cm³/mol. The third-order valence-corrected chi connectivity index (χ3v) is 13.3. The van der Waals surface area contributed by atoms with Crippen LogP contribution in [0.2, 0.25) is 0 Å². The molecule has 1 saturated carbocycles. The molecule has 0 amide bonds. The first-order valence-electron chi connectivity index (χ1n) is 18.3. The van der Waals surface area contributed by atoms with Gasteiger partial charge in [0.1, 0.15) is 5.82 Å². The first-order chi connectivity index (χ1) is 24.5. The molecule has 11 rings (SSSR count). The second-order valence-corrected chi connectivity index (χ2v) is 15.4. The van der Waals surface area contributed by atoms with Crippen molar-refractivity contribution in [3.8, 4) is 33.4 Å². The molecule has 6 aromatic carbocycles. The Morgan fingerprint density at radius 2 is 1.10 bits per heavy atom.